The molecule has 1 aromatic carbocycles. The topological polar surface area (TPSA) is 89.2 Å². The van der Waals surface area contributed by atoms with E-state index < -0.39 is 0 Å². The van der Waals surface area contributed by atoms with Gasteiger partial charge in [0, 0.05) is 25.8 Å². The van der Waals surface area contributed by atoms with Crippen LogP contribution < -0.4 is 15.5 Å². The highest BCUT2D eigenvalue weighted by atomic mass is 16.1. The number of benzene rings is 1. The molecule has 2 aliphatic heterocycles. The Labute approximate surface area is 213 Å². The number of carbonyl (C=O) groups excluding carboxylic acids is 1. The van der Waals surface area contributed by atoms with Crippen LogP contribution in [0.3, 0.4) is 0 Å². The summed E-state index contributed by atoms with van der Waals surface area (Å²) in [6, 6.07) is 14.0. The van der Waals surface area contributed by atoms with Crippen LogP contribution in [-0.4, -0.2) is 72.8 Å². The van der Waals surface area contributed by atoms with Crippen molar-refractivity contribution in [3.8, 4) is 11.4 Å². The maximum atomic E-state index is 13.3. The molecule has 0 saturated carbocycles. The number of carbonyl (C=O) groups is 1. The number of hydrogen-bond donors (Lipinski definition) is 3. The molecule has 8 heteroatoms. The Hall–Kier alpha value is -3.23. The fourth-order valence-electron chi connectivity index (χ4n) is 5.49. The van der Waals surface area contributed by atoms with Crippen LogP contribution in [0.25, 0.3) is 11.4 Å². The summed E-state index contributed by atoms with van der Waals surface area (Å²) in [4.78, 5) is 22.6. The molecule has 0 aliphatic carbocycles. The van der Waals surface area contributed by atoms with Gasteiger partial charge in [0.05, 0.1) is 22.8 Å². The lowest BCUT2D eigenvalue weighted by atomic mass is 9.89. The molecule has 0 atom stereocenters. The molecular formula is C28H37N7O. The summed E-state index contributed by atoms with van der Waals surface area (Å²) in [5, 5.41) is 13.6. The third-order valence-corrected chi connectivity index (χ3v) is 7.42. The maximum absolute atomic E-state index is 13.3. The van der Waals surface area contributed by atoms with E-state index in [9.17, 15) is 4.79 Å². The molecular weight excluding hydrogens is 450 g/mol. The average Bonchev–Trinajstić information content (AvgIpc) is 3.45. The molecule has 36 heavy (non-hydrogen) atoms. The second-order valence-electron chi connectivity index (χ2n) is 10.3. The van der Waals surface area contributed by atoms with Crippen LogP contribution in [0.1, 0.15) is 47.7 Å². The fraction of sp³-hybridized carbons (Fsp3) is 0.464. The van der Waals surface area contributed by atoms with E-state index >= 15 is 0 Å². The summed E-state index contributed by atoms with van der Waals surface area (Å²) >= 11 is 0. The van der Waals surface area contributed by atoms with Gasteiger partial charge in [0.1, 0.15) is 5.69 Å². The summed E-state index contributed by atoms with van der Waals surface area (Å²) < 4.78 is 0. The molecule has 0 spiro atoms. The van der Waals surface area contributed by atoms with Crippen molar-refractivity contribution in [2.45, 2.75) is 31.6 Å². The van der Waals surface area contributed by atoms with E-state index in [2.05, 4.69) is 67.9 Å². The summed E-state index contributed by atoms with van der Waals surface area (Å²) in [6.45, 7) is 5.26. The normalized spacial score (nSPS) is 17.5. The van der Waals surface area contributed by atoms with Crippen LogP contribution in [0.4, 0.5) is 11.4 Å². The minimum absolute atomic E-state index is 0.199. The highest BCUT2D eigenvalue weighted by molar-refractivity contribution is 6.05. The van der Waals surface area contributed by atoms with E-state index in [1.54, 1.807) is 12.3 Å². The molecule has 2 aromatic heterocycles. The minimum Gasteiger partial charge on any atom is -0.370 e. The van der Waals surface area contributed by atoms with Crippen molar-refractivity contribution < 1.29 is 4.79 Å². The molecule has 2 saturated heterocycles. The lowest BCUT2D eigenvalue weighted by Crippen LogP contribution is -2.37. The maximum Gasteiger partial charge on any atom is 0.274 e. The van der Waals surface area contributed by atoms with Gasteiger partial charge in [-0.05, 0) is 101 Å². The number of nitrogens with zero attached hydrogens (tertiary/aromatic N) is 4. The Morgan fingerprint density at radius 1 is 1.08 bits per heavy atom. The first-order valence-corrected chi connectivity index (χ1v) is 13.1. The Morgan fingerprint density at radius 2 is 1.89 bits per heavy atom. The van der Waals surface area contributed by atoms with Gasteiger partial charge in [0.25, 0.3) is 5.91 Å². The standard InChI is InChI=1S/C28H37N7O/c1-34(2)19-20-11-16-35(17-12-20)27-18-22(21-8-13-29-14-9-21)6-7-25(27)32-28(36)26-5-3-4-23(31-26)24-10-15-30-33-24/h3-7,10,15,18,20-21,29H,8-9,11-14,16-17,19H2,1-2H3,(H,30,33)(H,32,36). The molecule has 1 amide bonds. The summed E-state index contributed by atoms with van der Waals surface area (Å²) in [5.74, 6) is 1.08. The first-order chi connectivity index (χ1) is 17.6. The number of amides is 1. The van der Waals surface area contributed by atoms with Crippen LogP contribution in [0.5, 0.6) is 0 Å². The number of rotatable bonds is 7. The number of aromatic amines is 1. The molecule has 190 valence electrons. The van der Waals surface area contributed by atoms with Crippen LogP contribution in [0.15, 0.2) is 48.7 Å². The molecule has 3 aromatic rings. The Bertz CT molecular complexity index is 1150. The number of pyridine rings is 1. The predicted molar refractivity (Wildman–Crippen MR) is 145 cm³/mol. The van der Waals surface area contributed by atoms with E-state index in [4.69, 9.17) is 0 Å². The van der Waals surface area contributed by atoms with E-state index in [-0.39, 0.29) is 5.91 Å². The lowest BCUT2D eigenvalue weighted by Gasteiger charge is -2.36. The average molecular weight is 488 g/mol. The SMILES string of the molecule is CN(C)CC1CCN(c2cc(C3CCNCC3)ccc2NC(=O)c2cccc(-c3ccn[nH]3)n2)CC1. The second-order valence-corrected chi connectivity index (χ2v) is 10.3. The van der Waals surface area contributed by atoms with Crippen molar-refractivity contribution in [2.24, 2.45) is 5.92 Å². The lowest BCUT2D eigenvalue weighted by molar-refractivity contribution is 0.102. The molecule has 2 aliphatic rings. The van der Waals surface area contributed by atoms with Gasteiger partial charge >= 0.3 is 0 Å². The quantitative estimate of drug-likeness (QED) is 0.467. The van der Waals surface area contributed by atoms with Gasteiger partial charge in [-0.25, -0.2) is 4.98 Å². The van der Waals surface area contributed by atoms with E-state index in [0.29, 0.717) is 17.3 Å². The molecule has 0 radical (unpaired) electrons. The second kappa shape index (κ2) is 11.2. The van der Waals surface area contributed by atoms with Crippen molar-refractivity contribution in [3.05, 3.63) is 59.9 Å². The van der Waals surface area contributed by atoms with Crippen LogP contribution in [0.2, 0.25) is 0 Å². The van der Waals surface area contributed by atoms with Gasteiger partial charge in [-0.3, -0.25) is 9.89 Å². The number of aromatic nitrogens is 3. The third-order valence-electron chi connectivity index (χ3n) is 7.42. The Balaban J connectivity index is 1.38. The van der Waals surface area contributed by atoms with Crippen molar-refractivity contribution >= 4 is 17.3 Å². The van der Waals surface area contributed by atoms with E-state index in [0.717, 1.165) is 81.4 Å². The first kappa shape index (κ1) is 24.5. The monoisotopic (exact) mass is 487 g/mol. The van der Waals surface area contributed by atoms with Gasteiger partial charge in [-0.1, -0.05) is 12.1 Å². The molecule has 0 bridgehead atoms. The Morgan fingerprint density at radius 3 is 2.61 bits per heavy atom. The van der Waals surface area contributed by atoms with E-state index in [1.165, 1.54) is 5.56 Å². The number of H-pyrrole nitrogens is 1. The molecule has 8 nitrogen and oxygen atoms in total. The van der Waals surface area contributed by atoms with Gasteiger partial charge < -0.3 is 20.4 Å². The molecule has 0 unspecified atom stereocenters. The van der Waals surface area contributed by atoms with Crippen molar-refractivity contribution in [1.82, 2.24) is 25.4 Å². The molecule has 5 rings (SSSR count). The van der Waals surface area contributed by atoms with Gasteiger partial charge in [-0.2, -0.15) is 5.10 Å². The summed E-state index contributed by atoms with van der Waals surface area (Å²) in [6.07, 6.45) is 6.32. The van der Waals surface area contributed by atoms with Crippen LogP contribution in [-0.2, 0) is 0 Å². The number of hydrogen-bond acceptors (Lipinski definition) is 6. The highest BCUT2D eigenvalue weighted by Gasteiger charge is 2.24. The zero-order chi connectivity index (χ0) is 24.9. The van der Waals surface area contributed by atoms with Crippen molar-refractivity contribution in [3.63, 3.8) is 0 Å². The Kier molecular flexibility index (Phi) is 7.63. The predicted octanol–water partition coefficient (Wildman–Crippen LogP) is 3.97. The zero-order valence-corrected chi connectivity index (χ0v) is 21.3. The van der Waals surface area contributed by atoms with Crippen molar-refractivity contribution in [1.29, 1.82) is 0 Å². The first-order valence-electron chi connectivity index (χ1n) is 13.1. The highest BCUT2D eigenvalue weighted by Crippen LogP contribution is 2.35. The van der Waals surface area contributed by atoms with Gasteiger partial charge in [0.2, 0.25) is 0 Å². The largest absolute Gasteiger partial charge is 0.370 e. The smallest absolute Gasteiger partial charge is 0.274 e. The molecule has 4 heterocycles. The molecule has 2 fully saturated rings. The summed E-state index contributed by atoms with van der Waals surface area (Å²) in [5.41, 5.74) is 5.24. The van der Waals surface area contributed by atoms with Crippen molar-refractivity contribution in [2.75, 3.05) is 57.0 Å². The number of anilines is 2. The third kappa shape index (κ3) is 5.77. The summed E-state index contributed by atoms with van der Waals surface area (Å²) in [7, 11) is 4.30. The van der Waals surface area contributed by atoms with Gasteiger partial charge in [-0.15, -0.1) is 0 Å². The number of piperidine rings is 2. The van der Waals surface area contributed by atoms with Gasteiger partial charge in [0.15, 0.2) is 0 Å². The fourth-order valence-corrected chi connectivity index (χ4v) is 5.49. The minimum atomic E-state index is -0.199. The van der Waals surface area contributed by atoms with Crippen LogP contribution in [0, 0.1) is 5.92 Å². The number of nitrogens with one attached hydrogen (secondary N) is 3. The zero-order valence-electron chi connectivity index (χ0n) is 21.3. The van der Waals surface area contributed by atoms with Crippen LogP contribution >= 0.6 is 0 Å². The molecule has 3 N–H and O–H groups in total. The van der Waals surface area contributed by atoms with E-state index in [1.807, 2.05) is 18.2 Å².